The summed E-state index contributed by atoms with van der Waals surface area (Å²) < 4.78 is 11.1. The summed E-state index contributed by atoms with van der Waals surface area (Å²) in [5.41, 5.74) is 3.27. The van der Waals surface area contributed by atoms with Crippen LogP contribution in [0.15, 0.2) is 78.9 Å². The van der Waals surface area contributed by atoms with Crippen LogP contribution in [0.1, 0.15) is 29.2 Å². The van der Waals surface area contributed by atoms with Crippen LogP contribution in [0.5, 0.6) is 5.75 Å². The summed E-state index contributed by atoms with van der Waals surface area (Å²) in [7, 11) is 0. The number of carbonyl (C=O) groups is 2. The Labute approximate surface area is 176 Å². The fourth-order valence-electron chi connectivity index (χ4n) is 2.93. The number of benzene rings is 3. The Morgan fingerprint density at radius 1 is 0.900 bits per heavy atom. The van der Waals surface area contributed by atoms with Crippen molar-refractivity contribution in [2.45, 2.75) is 26.4 Å². The SMILES string of the molecule is Cc1ccc(C)c(NC(=O)[C@H](OC(=O)CCOc2ccccc2)c2ccccc2)c1. The van der Waals surface area contributed by atoms with Crippen LogP contribution in [0.2, 0.25) is 0 Å². The molecule has 154 valence electrons. The average Bonchev–Trinajstić information content (AvgIpc) is 2.76. The molecule has 5 nitrogen and oxygen atoms in total. The molecule has 1 N–H and O–H groups in total. The summed E-state index contributed by atoms with van der Waals surface area (Å²) in [4.78, 5) is 25.4. The molecule has 0 aliphatic heterocycles. The molecule has 0 aliphatic rings. The predicted molar refractivity (Wildman–Crippen MR) is 116 cm³/mol. The molecule has 0 unspecified atom stereocenters. The highest BCUT2D eigenvalue weighted by atomic mass is 16.6. The normalized spacial score (nSPS) is 11.4. The van der Waals surface area contributed by atoms with Crippen molar-refractivity contribution in [3.63, 3.8) is 0 Å². The van der Waals surface area contributed by atoms with E-state index in [4.69, 9.17) is 9.47 Å². The minimum absolute atomic E-state index is 0.0367. The predicted octanol–water partition coefficient (Wildman–Crippen LogP) is 5.00. The van der Waals surface area contributed by atoms with Gasteiger partial charge in [0.15, 0.2) is 0 Å². The maximum Gasteiger partial charge on any atom is 0.310 e. The number of hydrogen-bond donors (Lipinski definition) is 1. The molecule has 3 aromatic carbocycles. The van der Waals surface area contributed by atoms with Gasteiger partial charge in [-0.1, -0.05) is 60.7 Å². The molecule has 3 rings (SSSR count). The van der Waals surface area contributed by atoms with E-state index in [2.05, 4.69) is 5.32 Å². The Bertz CT molecular complexity index is 987. The summed E-state index contributed by atoms with van der Waals surface area (Å²) in [6.45, 7) is 4.04. The van der Waals surface area contributed by atoms with E-state index in [1.165, 1.54) is 0 Å². The van der Waals surface area contributed by atoms with Crippen LogP contribution >= 0.6 is 0 Å². The third kappa shape index (κ3) is 5.95. The van der Waals surface area contributed by atoms with Gasteiger partial charge in [0.25, 0.3) is 5.91 Å². The van der Waals surface area contributed by atoms with E-state index in [0.717, 1.165) is 11.1 Å². The van der Waals surface area contributed by atoms with Gasteiger partial charge < -0.3 is 14.8 Å². The Kier molecular flexibility index (Phi) is 7.22. The molecule has 1 atom stereocenters. The van der Waals surface area contributed by atoms with Gasteiger partial charge in [-0.15, -0.1) is 0 Å². The zero-order chi connectivity index (χ0) is 21.3. The Morgan fingerprint density at radius 2 is 1.57 bits per heavy atom. The Morgan fingerprint density at radius 3 is 2.27 bits per heavy atom. The second-order valence-electron chi connectivity index (χ2n) is 7.00. The molecular formula is C25H25NO4. The third-order valence-corrected chi connectivity index (χ3v) is 4.56. The molecule has 0 radical (unpaired) electrons. The standard InChI is InChI=1S/C25H25NO4/c1-18-13-14-19(2)22(17-18)26-25(28)24(20-9-5-3-6-10-20)30-23(27)15-16-29-21-11-7-4-8-12-21/h3-14,17,24H,15-16H2,1-2H3,(H,26,28)/t24-/m1/s1. The van der Waals surface area contributed by atoms with E-state index in [1.54, 1.807) is 24.3 Å². The van der Waals surface area contributed by atoms with Crippen molar-refractivity contribution in [3.8, 4) is 5.75 Å². The molecule has 0 spiro atoms. The first-order valence-corrected chi connectivity index (χ1v) is 9.83. The minimum Gasteiger partial charge on any atom is -0.493 e. The number of hydrogen-bond acceptors (Lipinski definition) is 4. The summed E-state index contributed by atoms with van der Waals surface area (Å²) in [5, 5.41) is 2.89. The number of ether oxygens (including phenoxy) is 2. The summed E-state index contributed by atoms with van der Waals surface area (Å²) in [6, 6.07) is 24.0. The molecule has 0 aromatic heterocycles. The molecular weight excluding hydrogens is 378 g/mol. The van der Waals surface area contributed by atoms with Crippen molar-refractivity contribution < 1.29 is 19.1 Å². The van der Waals surface area contributed by atoms with Crippen LogP contribution in [-0.2, 0) is 14.3 Å². The average molecular weight is 403 g/mol. The van der Waals surface area contributed by atoms with E-state index in [1.807, 2.05) is 68.4 Å². The second-order valence-corrected chi connectivity index (χ2v) is 7.00. The highest BCUT2D eigenvalue weighted by Crippen LogP contribution is 2.23. The maximum atomic E-state index is 13.0. The van der Waals surface area contributed by atoms with Gasteiger partial charge in [-0.2, -0.15) is 0 Å². The highest BCUT2D eigenvalue weighted by Gasteiger charge is 2.25. The zero-order valence-electron chi connectivity index (χ0n) is 17.1. The quantitative estimate of drug-likeness (QED) is 0.538. The van der Waals surface area contributed by atoms with Crippen molar-refractivity contribution in [3.05, 3.63) is 95.6 Å². The number of carbonyl (C=O) groups excluding carboxylic acids is 2. The number of esters is 1. The monoisotopic (exact) mass is 403 g/mol. The fourth-order valence-corrected chi connectivity index (χ4v) is 2.93. The molecule has 3 aromatic rings. The first-order valence-electron chi connectivity index (χ1n) is 9.83. The van der Waals surface area contributed by atoms with E-state index in [0.29, 0.717) is 17.0 Å². The number of nitrogens with one attached hydrogen (secondary N) is 1. The van der Waals surface area contributed by atoms with Gasteiger partial charge >= 0.3 is 5.97 Å². The largest absolute Gasteiger partial charge is 0.493 e. The van der Waals surface area contributed by atoms with Gasteiger partial charge in [0.05, 0.1) is 13.0 Å². The number of aryl methyl sites for hydroxylation is 2. The zero-order valence-corrected chi connectivity index (χ0v) is 17.1. The molecule has 0 bridgehead atoms. The highest BCUT2D eigenvalue weighted by molar-refractivity contribution is 5.96. The number of para-hydroxylation sites is 1. The summed E-state index contributed by atoms with van der Waals surface area (Å²) >= 11 is 0. The maximum absolute atomic E-state index is 13.0. The number of anilines is 1. The smallest absolute Gasteiger partial charge is 0.310 e. The van der Waals surface area contributed by atoms with E-state index in [9.17, 15) is 9.59 Å². The van der Waals surface area contributed by atoms with Crippen LogP contribution in [0.4, 0.5) is 5.69 Å². The lowest BCUT2D eigenvalue weighted by molar-refractivity contribution is -0.155. The Hall–Kier alpha value is -3.60. The van der Waals surface area contributed by atoms with Crippen LogP contribution in [0.3, 0.4) is 0 Å². The lowest BCUT2D eigenvalue weighted by atomic mass is 10.1. The fraction of sp³-hybridized carbons (Fsp3) is 0.200. The third-order valence-electron chi connectivity index (χ3n) is 4.56. The number of rotatable bonds is 8. The molecule has 0 fully saturated rings. The molecule has 0 heterocycles. The van der Waals surface area contributed by atoms with Gasteiger partial charge in [-0.25, -0.2) is 0 Å². The first-order chi connectivity index (χ1) is 14.5. The molecule has 30 heavy (non-hydrogen) atoms. The summed E-state index contributed by atoms with van der Waals surface area (Å²) in [5.74, 6) is -0.222. The molecule has 0 aliphatic carbocycles. The van der Waals surface area contributed by atoms with Crippen molar-refractivity contribution in [1.29, 1.82) is 0 Å². The summed E-state index contributed by atoms with van der Waals surface area (Å²) in [6.07, 6.45) is -1.01. The minimum atomic E-state index is -1.05. The lowest BCUT2D eigenvalue weighted by Gasteiger charge is -2.19. The van der Waals surface area contributed by atoms with Crippen LogP contribution in [0.25, 0.3) is 0 Å². The van der Waals surface area contributed by atoms with Gasteiger partial charge in [0.2, 0.25) is 6.10 Å². The second kappa shape index (κ2) is 10.3. The Balaban J connectivity index is 1.67. The molecule has 0 saturated carbocycles. The van der Waals surface area contributed by atoms with Crippen molar-refractivity contribution in [2.24, 2.45) is 0 Å². The molecule has 1 amide bonds. The van der Waals surface area contributed by atoms with E-state index < -0.39 is 18.0 Å². The van der Waals surface area contributed by atoms with Crippen molar-refractivity contribution in [1.82, 2.24) is 0 Å². The van der Waals surface area contributed by atoms with Crippen LogP contribution < -0.4 is 10.1 Å². The van der Waals surface area contributed by atoms with Gasteiger partial charge in [-0.05, 0) is 43.2 Å². The lowest BCUT2D eigenvalue weighted by Crippen LogP contribution is -2.26. The van der Waals surface area contributed by atoms with E-state index in [-0.39, 0.29) is 13.0 Å². The van der Waals surface area contributed by atoms with Gasteiger partial charge in [0, 0.05) is 11.3 Å². The first kappa shape index (κ1) is 21.1. The number of amides is 1. The van der Waals surface area contributed by atoms with Crippen molar-refractivity contribution in [2.75, 3.05) is 11.9 Å². The molecule has 5 heteroatoms. The van der Waals surface area contributed by atoms with Gasteiger partial charge in [0.1, 0.15) is 5.75 Å². The van der Waals surface area contributed by atoms with Gasteiger partial charge in [-0.3, -0.25) is 9.59 Å². The molecule has 0 saturated heterocycles. The van der Waals surface area contributed by atoms with Crippen molar-refractivity contribution >= 4 is 17.6 Å². The van der Waals surface area contributed by atoms with Crippen LogP contribution in [0, 0.1) is 13.8 Å². The van der Waals surface area contributed by atoms with Crippen LogP contribution in [-0.4, -0.2) is 18.5 Å². The van der Waals surface area contributed by atoms with E-state index >= 15 is 0 Å². The topological polar surface area (TPSA) is 64.6 Å².